The Morgan fingerprint density at radius 1 is 0.742 bits per heavy atom. The smallest absolute Gasteiger partial charge is 0.320 e. The molecule has 13 heteroatoms. The fraction of sp³-hybridized carbons (Fsp3) is 0.778. The molecule has 0 aliphatic carbocycles. The normalized spacial score (nSPS) is 12.2. The van der Waals surface area contributed by atoms with E-state index in [1.807, 2.05) is 0 Å². The molecule has 0 aromatic carbocycles. The topological polar surface area (TPSA) is 200 Å². The number of hydrogen-bond donors (Lipinski definition) is 7. The highest BCUT2D eigenvalue weighted by Gasteiger charge is 2.26. The molecular weight excluding hydrogens is 416 g/mol. The molecule has 1 atom stereocenters. The third kappa shape index (κ3) is 16.1. The summed E-state index contributed by atoms with van der Waals surface area (Å²) in [6, 6.07) is -0.888. The molecule has 31 heavy (non-hydrogen) atoms. The van der Waals surface area contributed by atoms with Gasteiger partial charge in [-0.2, -0.15) is 0 Å². The summed E-state index contributed by atoms with van der Waals surface area (Å²) in [6.45, 7) is 0.341. The lowest BCUT2D eigenvalue weighted by Crippen LogP contribution is -2.49. The van der Waals surface area contributed by atoms with Crippen LogP contribution in [0.1, 0.15) is 19.3 Å². The van der Waals surface area contributed by atoms with Crippen LogP contribution in [-0.4, -0.2) is 131 Å². The molecule has 1 unspecified atom stereocenters. The zero-order valence-corrected chi connectivity index (χ0v) is 17.5. The highest BCUT2D eigenvalue weighted by Crippen LogP contribution is 2.10. The monoisotopic (exact) mass is 450 g/mol. The van der Waals surface area contributed by atoms with Gasteiger partial charge in [0.1, 0.15) is 6.04 Å². The maximum absolute atomic E-state index is 11.8. The largest absolute Gasteiger partial charge is 0.480 e. The van der Waals surface area contributed by atoms with Gasteiger partial charge in [-0.1, -0.05) is 6.42 Å². The van der Waals surface area contributed by atoms with Gasteiger partial charge in [-0.05, 0) is 19.4 Å². The van der Waals surface area contributed by atoms with E-state index in [4.69, 9.17) is 20.4 Å². The summed E-state index contributed by atoms with van der Waals surface area (Å²) in [5.41, 5.74) is 0. The SMILES string of the molecule is O=C(O)CNCCN(CCN(CC(=O)O)CC(=O)O)C(CCCCNCCO)C(=O)O. The quantitative estimate of drug-likeness (QED) is 0.0917. The Morgan fingerprint density at radius 3 is 1.90 bits per heavy atom. The van der Waals surface area contributed by atoms with E-state index in [0.29, 0.717) is 32.4 Å². The van der Waals surface area contributed by atoms with Gasteiger partial charge in [-0.25, -0.2) is 0 Å². The summed E-state index contributed by atoms with van der Waals surface area (Å²) in [7, 11) is 0. The minimum absolute atomic E-state index is 0.0120. The molecule has 0 spiro atoms. The molecule has 0 fully saturated rings. The Kier molecular flexibility index (Phi) is 16.1. The summed E-state index contributed by atoms with van der Waals surface area (Å²) in [5.74, 6) is -4.50. The van der Waals surface area contributed by atoms with E-state index >= 15 is 0 Å². The van der Waals surface area contributed by atoms with E-state index in [1.165, 1.54) is 4.90 Å². The van der Waals surface area contributed by atoms with Crippen LogP contribution in [0.3, 0.4) is 0 Å². The molecule has 0 aliphatic heterocycles. The van der Waals surface area contributed by atoms with Crippen molar-refractivity contribution < 1.29 is 44.7 Å². The number of nitrogens with zero attached hydrogens (tertiary/aromatic N) is 2. The average Bonchev–Trinajstić information content (AvgIpc) is 2.66. The van der Waals surface area contributed by atoms with Crippen molar-refractivity contribution >= 4 is 23.9 Å². The molecule has 0 radical (unpaired) electrons. The maximum atomic E-state index is 11.8. The molecule has 0 bridgehead atoms. The van der Waals surface area contributed by atoms with Crippen molar-refractivity contribution in [2.45, 2.75) is 25.3 Å². The van der Waals surface area contributed by atoms with Crippen LogP contribution in [-0.2, 0) is 19.2 Å². The summed E-state index contributed by atoms with van der Waals surface area (Å²) < 4.78 is 0. The lowest BCUT2D eigenvalue weighted by molar-refractivity contribution is -0.145. The Balaban J connectivity index is 5.00. The van der Waals surface area contributed by atoms with Crippen molar-refractivity contribution in [1.29, 1.82) is 0 Å². The molecule has 13 nitrogen and oxygen atoms in total. The third-order valence-corrected chi connectivity index (χ3v) is 4.37. The van der Waals surface area contributed by atoms with Crippen LogP contribution in [0.15, 0.2) is 0 Å². The van der Waals surface area contributed by atoms with Gasteiger partial charge in [0.25, 0.3) is 0 Å². The summed E-state index contributed by atoms with van der Waals surface area (Å²) in [4.78, 5) is 47.2. The van der Waals surface area contributed by atoms with Crippen LogP contribution >= 0.6 is 0 Å². The van der Waals surface area contributed by atoms with Gasteiger partial charge in [0.15, 0.2) is 0 Å². The van der Waals surface area contributed by atoms with E-state index in [-0.39, 0.29) is 39.3 Å². The molecule has 0 amide bonds. The van der Waals surface area contributed by atoms with Crippen molar-refractivity contribution in [2.75, 3.05) is 65.5 Å². The number of rotatable bonds is 21. The zero-order valence-electron chi connectivity index (χ0n) is 17.5. The average molecular weight is 450 g/mol. The molecule has 0 aromatic rings. The third-order valence-electron chi connectivity index (χ3n) is 4.37. The number of carboxylic acids is 4. The number of aliphatic hydroxyl groups excluding tert-OH is 1. The molecule has 7 N–H and O–H groups in total. The van der Waals surface area contributed by atoms with E-state index in [1.54, 1.807) is 4.90 Å². The number of aliphatic hydroxyl groups is 1. The maximum Gasteiger partial charge on any atom is 0.320 e. The molecule has 180 valence electrons. The van der Waals surface area contributed by atoms with Gasteiger partial charge in [0, 0.05) is 32.7 Å². The molecule has 0 aliphatic rings. The van der Waals surface area contributed by atoms with Crippen molar-refractivity contribution in [3.8, 4) is 0 Å². The van der Waals surface area contributed by atoms with Gasteiger partial charge in [0.2, 0.25) is 0 Å². The van der Waals surface area contributed by atoms with E-state index in [9.17, 15) is 24.3 Å². The molecule has 0 heterocycles. The Labute approximate surface area is 180 Å². The standard InChI is InChI=1S/C18H34N4O9/c23-10-6-19-4-2-1-3-14(18(30)31)22(7-5-20-11-15(24)25)9-8-21(12-16(26)27)13-17(28)29/h14,19-20,23H,1-13H2,(H,24,25)(H,26,27)(H,28,29)(H,30,31). The number of carbonyl (C=O) groups is 4. The van der Waals surface area contributed by atoms with Crippen molar-refractivity contribution in [3.63, 3.8) is 0 Å². The highest BCUT2D eigenvalue weighted by atomic mass is 16.4. The minimum Gasteiger partial charge on any atom is -0.480 e. The first-order chi connectivity index (χ1) is 14.7. The van der Waals surface area contributed by atoms with Crippen LogP contribution in [0.2, 0.25) is 0 Å². The second-order valence-electron chi connectivity index (χ2n) is 6.93. The number of carboxylic acid groups (broad SMARTS) is 4. The van der Waals surface area contributed by atoms with Crippen LogP contribution in [0.4, 0.5) is 0 Å². The summed E-state index contributed by atoms with van der Waals surface area (Å²) >= 11 is 0. The van der Waals surface area contributed by atoms with Crippen LogP contribution in [0, 0.1) is 0 Å². The number of unbranched alkanes of at least 4 members (excludes halogenated alkanes) is 1. The van der Waals surface area contributed by atoms with Crippen LogP contribution in [0.5, 0.6) is 0 Å². The van der Waals surface area contributed by atoms with Crippen LogP contribution in [0.25, 0.3) is 0 Å². The van der Waals surface area contributed by atoms with Gasteiger partial charge < -0.3 is 36.2 Å². The second kappa shape index (κ2) is 17.4. The second-order valence-corrected chi connectivity index (χ2v) is 6.93. The Bertz CT molecular complexity index is 546. The van der Waals surface area contributed by atoms with Crippen molar-refractivity contribution in [2.24, 2.45) is 0 Å². The lowest BCUT2D eigenvalue weighted by Gasteiger charge is -2.31. The van der Waals surface area contributed by atoms with Gasteiger partial charge in [-0.15, -0.1) is 0 Å². The molecule has 0 rings (SSSR count). The highest BCUT2D eigenvalue weighted by molar-refractivity contribution is 5.73. The summed E-state index contributed by atoms with van der Waals surface area (Å²) in [5, 5.41) is 50.7. The first kappa shape index (κ1) is 28.7. The predicted molar refractivity (Wildman–Crippen MR) is 109 cm³/mol. The minimum atomic E-state index is -1.19. The van der Waals surface area contributed by atoms with Crippen molar-refractivity contribution in [1.82, 2.24) is 20.4 Å². The fourth-order valence-corrected chi connectivity index (χ4v) is 2.96. The van der Waals surface area contributed by atoms with E-state index < -0.39 is 43.0 Å². The Hall–Kier alpha value is -2.32. The molecule has 0 saturated carbocycles. The first-order valence-electron chi connectivity index (χ1n) is 10.0. The molecule has 0 aromatic heterocycles. The zero-order chi connectivity index (χ0) is 23.6. The van der Waals surface area contributed by atoms with Gasteiger partial charge in [-0.3, -0.25) is 29.0 Å². The van der Waals surface area contributed by atoms with Crippen LogP contribution < -0.4 is 10.6 Å². The molecule has 0 saturated heterocycles. The van der Waals surface area contributed by atoms with Gasteiger partial charge in [0.05, 0.1) is 26.2 Å². The molecular formula is C18H34N4O9. The lowest BCUT2D eigenvalue weighted by atomic mass is 10.1. The number of nitrogens with one attached hydrogen (secondary N) is 2. The van der Waals surface area contributed by atoms with Crippen molar-refractivity contribution in [3.05, 3.63) is 0 Å². The van der Waals surface area contributed by atoms with Gasteiger partial charge >= 0.3 is 23.9 Å². The number of aliphatic carboxylic acids is 4. The number of hydrogen-bond acceptors (Lipinski definition) is 9. The summed E-state index contributed by atoms with van der Waals surface area (Å²) in [6.07, 6.45) is 1.59. The van der Waals surface area contributed by atoms with E-state index in [2.05, 4.69) is 10.6 Å². The predicted octanol–water partition coefficient (Wildman–Crippen LogP) is -2.36. The first-order valence-corrected chi connectivity index (χ1v) is 10.0. The Morgan fingerprint density at radius 2 is 1.39 bits per heavy atom. The van der Waals surface area contributed by atoms with E-state index in [0.717, 1.165) is 0 Å². The fourth-order valence-electron chi connectivity index (χ4n) is 2.96.